The average Bonchev–Trinajstić information content (AvgIpc) is 1.51. The first-order valence-electron chi connectivity index (χ1n) is 30.9. The van der Waals surface area contributed by atoms with Gasteiger partial charge in [-0.1, -0.05) is 255 Å². The number of hydrogen-bond donors (Lipinski definition) is 0. The second-order valence-corrected chi connectivity index (χ2v) is 38.3. The summed E-state index contributed by atoms with van der Waals surface area (Å²) in [6, 6.07) is 91.1. The van der Waals surface area contributed by atoms with E-state index in [1.165, 1.54) is 21.5 Å². The van der Waals surface area contributed by atoms with Crippen molar-refractivity contribution in [2.75, 3.05) is 9.80 Å². The van der Waals surface area contributed by atoms with Crippen LogP contribution in [0.1, 0.15) is 74.9 Å². The fourth-order valence-electron chi connectivity index (χ4n) is 13.7. The van der Waals surface area contributed by atoms with Crippen LogP contribution in [-0.4, -0.2) is 16.1 Å². The molecule has 0 fully saturated rings. The largest absolute Gasteiger partial charge is 0.455 e. The number of rotatable bonds is 11. The van der Waals surface area contributed by atoms with Crippen molar-refractivity contribution in [2.24, 2.45) is 0 Å². The lowest BCUT2D eigenvalue weighted by atomic mass is 9.67. The van der Waals surface area contributed by atoms with Gasteiger partial charge >= 0.3 is 0 Å². The third-order valence-corrected chi connectivity index (χ3v) is 22.5. The molecule has 13 aromatic rings. The van der Waals surface area contributed by atoms with E-state index in [0.717, 1.165) is 123 Å². The zero-order chi connectivity index (χ0) is 60.4. The highest BCUT2D eigenvalue weighted by Gasteiger charge is 2.50. The Labute approximate surface area is 515 Å². The van der Waals surface area contributed by atoms with Gasteiger partial charge in [-0.2, -0.15) is 0 Å². The summed E-state index contributed by atoms with van der Waals surface area (Å²) >= 11 is 0. The van der Waals surface area contributed by atoms with Crippen molar-refractivity contribution in [1.82, 2.24) is 0 Å². The van der Waals surface area contributed by atoms with Crippen molar-refractivity contribution in [2.45, 2.75) is 97.1 Å². The van der Waals surface area contributed by atoms with Gasteiger partial charge in [-0.05, 0) is 134 Å². The first-order valence-corrected chi connectivity index (χ1v) is 37.9. The van der Waals surface area contributed by atoms with Crippen molar-refractivity contribution in [3.8, 4) is 22.3 Å². The maximum Gasteiger partial charge on any atom is 0.160 e. The minimum atomic E-state index is -1.68. The first kappa shape index (κ1) is 55.9. The van der Waals surface area contributed by atoms with Crippen molar-refractivity contribution in [3.05, 3.63) is 276 Å². The van der Waals surface area contributed by atoms with E-state index in [2.05, 4.69) is 333 Å². The van der Waals surface area contributed by atoms with E-state index in [1.807, 2.05) is 0 Å². The Morgan fingerprint density at radius 3 is 1.25 bits per heavy atom. The molecule has 430 valence electrons. The fourth-order valence-corrected chi connectivity index (χ4v) is 16.0. The molecule has 2 aromatic heterocycles. The third-order valence-electron chi connectivity index (χ3n) is 18.4. The van der Waals surface area contributed by atoms with Crippen LogP contribution in [0.2, 0.25) is 39.3 Å². The maximum atomic E-state index is 7.67. The van der Waals surface area contributed by atoms with Gasteiger partial charge < -0.3 is 18.6 Å². The number of anilines is 6. The van der Waals surface area contributed by atoms with Gasteiger partial charge in [-0.3, -0.25) is 0 Å². The molecule has 0 amide bonds. The first-order chi connectivity index (χ1) is 41.7. The van der Waals surface area contributed by atoms with Gasteiger partial charge in [-0.15, -0.1) is 0 Å². The molecule has 6 heteroatoms. The SMILES string of the molecule is CC(C)(C)c1ccc(N(c2ccc([Si](C)(C)C)cc2)c2cc3c(c4c2oc2ccc(-c5ccccc5)cc24)-c2c(cc(N(c4ccc(C(C)(C)C)cc4)c4ccc([Si](C)(C)C)cc4)c4c2oc2ccccc24)C3(c2ccccc2)c2ccccc2)cc1. The van der Waals surface area contributed by atoms with E-state index in [9.17, 15) is 0 Å². The second kappa shape index (κ2) is 20.6. The number of furan rings is 2. The summed E-state index contributed by atoms with van der Waals surface area (Å²) in [4.78, 5) is 4.96. The van der Waals surface area contributed by atoms with Crippen LogP contribution < -0.4 is 20.2 Å². The Hall–Kier alpha value is -8.95. The van der Waals surface area contributed by atoms with Gasteiger partial charge in [-0.25, -0.2) is 0 Å². The molecular formula is C81H76N2O2Si2. The van der Waals surface area contributed by atoms with E-state index in [4.69, 9.17) is 8.83 Å². The molecule has 0 atom stereocenters. The van der Waals surface area contributed by atoms with Gasteiger partial charge in [0.2, 0.25) is 0 Å². The van der Waals surface area contributed by atoms with E-state index < -0.39 is 21.6 Å². The Kier molecular flexibility index (Phi) is 13.2. The molecule has 0 spiro atoms. The fraction of sp³-hybridized carbons (Fsp3) is 0.185. The highest BCUT2D eigenvalue weighted by atomic mass is 28.3. The molecule has 1 aliphatic carbocycles. The molecule has 0 unspecified atom stereocenters. The smallest absolute Gasteiger partial charge is 0.160 e. The monoisotopic (exact) mass is 1160 g/mol. The summed E-state index contributed by atoms with van der Waals surface area (Å²) in [6.07, 6.45) is 0. The molecule has 0 saturated heterocycles. The quantitative estimate of drug-likeness (QED) is 0.121. The Bertz CT molecular complexity index is 4570. The topological polar surface area (TPSA) is 32.8 Å². The van der Waals surface area contributed by atoms with E-state index in [0.29, 0.717) is 0 Å². The zero-order valence-corrected chi connectivity index (χ0v) is 54.3. The van der Waals surface area contributed by atoms with E-state index in [-0.39, 0.29) is 10.8 Å². The van der Waals surface area contributed by atoms with Crippen LogP contribution in [-0.2, 0) is 16.2 Å². The van der Waals surface area contributed by atoms with E-state index >= 15 is 0 Å². The Morgan fingerprint density at radius 2 is 0.759 bits per heavy atom. The molecule has 4 nitrogen and oxygen atoms in total. The summed E-state index contributed by atoms with van der Waals surface area (Å²) in [5, 5.41) is 7.02. The maximum absolute atomic E-state index is 7.67. The van der Waals surface area contributed by atoms with Gasteiger partial charge in [0, 0.05) is 50.0 Å². The average molecular weight is 1170 g/mol. The highest BCUT2D eigenvalue weighted by Crippen LogP contribution is 2.64. The number of benzene rings is 11. The van der Waals surface area contributed by atoms with Gasteiger partial charge in [0.1, 0.15) is 16.7 Å². The Balaban J connectivity index is 1.19. The van der Waals surface area contributed by atoms with Crippen LogP contribution in [0.15, 0.2) is 251 Å². The third kappa shape index (κ3) is 9.39. The second-order valence-electron chi connectivity index (χ2n) is 28.2. The predicted octanol–water partition coefficient (Wildman–Crippen LogP) is 22.1. The molecule has 11 aromatic carbocycles. The molecule has 14 rings (SSSR count). The minimum Gasteiger partial charge on any atom is -0.455 e. The van der Waals surface area contributed by atoms with Crippen LogP contribution in [0, 0.1) is 0 Å². The van der Waals surface area contributed by atoms with Gasteiger partial charge in [0.15, 0.2) is 5.58 Å². The van der Waals surface area contributed by atoms with Gasteiger partial charge in [0.05, 0.1) is 38.3 Å². The summed E-state index contributed by atoms with van der Waals surface area (Å²) in [5.41, 5.74) is 20.2. The summed E-state index contributed by atoms with van der Waals surface area (Å²) < 4.78 is 15.3. The van der Waals surface area contributed by atoms with Crippen LogP contribution in [0.3, 0.4) is 0 Å². The summed E-state index contributed by atoms with van der Waals surface area (Å²) in [5.74, 6) is 0. The molecule has 0 saturated carbocycles. The molecule has 2 heterocycles. The predicted molar refractivity (Wildman–Crippen MR) is 376 cm³/mol. The minimum absolute atomic E-state index is 0.0348. The molecular weight excluding hydrogens is 1090 g/mol. The van der Waals surface area contributed by atoms with Crippen molar-refractivity contribution >= 4 is 105 Å². The van der Waals surface area contributed by atoms with Crippen LogP contribution >= 0.6 is 0 Å². The van der Waals surface area contributed by atoms with Crippen molar-refractivity contribution < 1.29 is 8.83 Å². The zero-order valence-electron chi connectivity index (χ0n) is 52.3. The molecule has 87 heavy (non-hydrogen) atoms. The van der Waals surface area contributed by atoms with Crippen LogP contribution in [0.4, 0.5) is 34.1 Å². The summed E-state index contributed by atoms with van der Waals surface area (Å²) in [6.45, 7) is 28.3. The highest BCUT2D eigenvalue weighted by molar-refractivity contribution is 6.89. The van der Waals surface area contributed by atoms with Crippen molar-refractivity contribution in [1.29, 1.82) is 0 Å². The van der Waals surface area contributed by atoms with E-state index in [1.54, 1.807) is 0 Å². The number of para-hydroxylation sites is 1. The lowest BCUT2D eigenvalue weighted by Crippen LogP contribution is -2.37. The Morgan fingerprint density at radius 1 is 0.345 bits per heavy atom. The summed E-state index contributed by atoms with van der Waals surface area (Å²) in [7, 11) is -3.35. The van der Waals surface area contributed by atoms with Crippen molar-refractivity contribution in [3.63, 3.8) is 0 Å². The molecule has 0 N–H and O–H groups in total. The van der Waals surface area contributed by atoms with Gasteiger partial charge in [0.25, 0.3) is 0 Å². The molecule has 0 radical (unpaired) electrons. The number of fused-ring (bicyclic) bond motifs is 11. The standard InChI is InChI=1S/C81H76N2O2Si2/c1-79(2,3)55-33-37-59(38-34-55)82(61-41-45-63(46-42-61)86(7,8)9)69-51-68-76(78-73(69)65-30-22-23-31-71(65)85-78)75-67(81(68,57-26-18-14-19-27-57)58-28-20-15-21-29-58)52-70(77-74(75)66-50-54(32-49-72(66)84-77)53-24-16-13-17-25-53)83(60-39-35-56(36-40-60)80(4,5)6)62-43-47-64(48-44-62)87(10,11)12/h13-52H,1-12H3. The number of hydrogen-bond acceptors (Lipinski definition) is 4. The van der Waals surface area contributed by atoms with Crippen LogP contribution in [0.25, 0.3) is 66.1 Å². The lowest BCUT2D eigenvalue weighted by Gasteiger charge is -2.36. The molecule has 0 aliphatic heterocycles. The molecule has 0 bridgehead atoms. The molecule has 1 aliphatic rings. The lowest BCUT2D eigenvalue weighted by molar-refractivity contribution is 0.590. The number of nitrogens with zero attached hydrogens (tertiary/aromatic N) is 2. The van der Waals surface area contributed by atoms with Crippen LogP contribution in [0.5, 0.6) is 0 Å². The normalized spacial score (nSPS) is 13.4.